The SMILES string of the molecule is C=C(C)c1ccc(Cn2cncn2)cc1. The van der Waals surface area contributed by atoms with Gasteiger partial charge >= 0.3 is 0 Å². The molecule has 2 rings (SSSR count). The molecule has 1 heterocycles. The lowest BCUT2D eigenvalue weighted by atomic mass is 10.1. The summed E-state index contributed by atoms with van der Waals surface area (Å²) in [6.07, 6.45) is 3.26. The van der Waals surface area contributed by atoms with Crippen LogP contribution < -0.4 is 0 Å². The van der Waals surface area contributed by atoms with Crippen molar-refractivity contribution in [1.82, 2.24) is 14.8 Å². The summed E-state index contributed by atoms with van der Waals surface area (Å²) in [5.74, 6) is 0. The number of rotatable bonds is 3. The number of hydrogen-bond donors (Lipinski definition) is 0. The van der Waals surface area contributed by atoms with E-state index in [1.165, 1.54) is 11.1 Å². The van der Waals surface area contributed by atoms with Gasteiger partial charge in [0.15, 0.2) is 0 Å². The highest BCUT2D eigenvalue weighted by Gasteiger charge is 1.96. The standard InChI is InChI=1S/C12H13N3/c1-10(2)12-5-3-11(4-6-12)7-15-9-13-8-14-15/h3-6,8-9H,1,7H2,2H3. The van der Waals surface area contributed by atoms with Crippen LogP contribution in [-0.4, -0.2) is 14.8 Å². The largest absolute Gasteiger partial charge is 0.249 e. The maximum atomic E-state index is 4.06. The highest BCUT2D eigenvalue weighted by Crippen LogP contribution is 2.12. The maximum Gasteiger partial charge on any atom is 0.137 e. The zero-order chi connectivity index (χ0) is 10.7. The third-order valence-electron chi connectivity index (χ3n) is 2.26. The van der Waals surface area contributed by atoms with Crippen molar-refractivity contribution in [3.05, 3.63) is 54.6 Å². The Morgan fingerprint density at radius 1 is 1.33 bits per heavy atom. The van der Waals surface area contributed by atoms with Crippen LogP contribution in [-0.2, 0) is 6.54 Å². The van der Waals surface area contributed by atoms with Gasteiger partial charge in [-0.3, -0.25) is 0 Å². The normalized spacial score (nSPS) is 10.2. The average molecular weight is 199 g/mol. The third kappa shape index (κ3) is 2.31. The highest BCUT2D eigenvalue weighted by molar-refractivity contribution is 5.61. The molecule has 76 valence electrons. The molecule has 0 aliphatic heterocycles. The maximum absolute atomic E-state index is 4.06. The molecule has 3 nitrogen and oxygen atoms in total. The Balaban J connectivity index is 2.14. The van der Waals surface area contributed by atoms with E-state index in [0.29, 0.717) is 0 Å². The third-order valence-corrected chi connectivity index (χ3v) is 2.26. The summed E-state index contributed by atoms with van der Waals surface area (Å²) < 4.78 is 1.80. The lowest BCUT2D eigenvalue weighted by Gasteiger charge is -2.03. The summed E-state index contributed by atoms with van der Waals surface area (Å²) in [6, 6.07) is 8.33. The van der Waals surface area contributed by atoms with E-state index in [1.54, 1.807) is 17.3 Å². The van der Waals surface area contributed by atoms with Crippen LogP contribution in [0, 0.1) is 0 Å². The van der Waals surface area contributed by atoms with Gasteiger partial charge in [-0.1, -0.05) is 36.4 Å². The monoisotopic (exact) mass is 199 g/mol. The van der Waals surface area contributed by atoms with Crippen LogP contribution >= 0.6 is 0 Å². The van der Waals surface area contributed by atoms with Crippen molar-refractivity contribution in [3.8, 4) is 0 Å². The molecule has 0 spiro atoms. The molecular weight excluding hydrogens is 186 g/mol. The van der Waals surface area contributed by atoms with Crippen molar-refractivity contribution < 1.29 is 0 Å². The van der Waals surface area contributed by atoms with Gasteiger partial charge in [0.2, 0.25) is 0 Å². The van der Waals surface area contributed by atoms with Gasteiger partial charge in [0.05, 0.1) is 6.54 Å². The van der Waals surface area contributed by atoms with Gasteiger partial charge in [-0.25, -0.2) is 9.67 Å². The summed E-state index contributed by atoms with van der Waals surface area (Å²) in [5, 5.41) is 4.06. The first-order chi connectivity index (χ1) is 7.25. The van der Waals surface area contributed by atoms with Crippen molar-refractivity contribution >= 4 is 5.57 Å². The van der Waals surface area contributed by atoms with Gasteiger partial charge in [-0.15, -0.1) is 0 Å². The second-order valence-electron chi connectivity index (χ2n) is 3.57. The summed E-state index contributed by atoms with van der Waals surface area (Å²) >= 11 is 0. The lowest BCUT2D eigenvalue weighted by Crippen LogP contribution is -1.99. The van der Waals surface area contributed by atoms with E-state index < -0.39 is 0 Å². The predicted octanol–water partition coefficient (Wildman–Crippen LogP) is 2.36. The molecule has 2 aromatic rings. The van der Waals surface area contributed by atoms with Crippen LogP contribution in [0.2, 0.25) is 0 Å². The molecule has 0 aliphatic rings. The molecule has 0 amide bonds. The first-order valence-corrected chi connectivity index (χ1v) is 4.83. The fourth-order valence-corrected chi connectivity index (χ4v) is 1.40. The Morgan fingerprint density at radius 2 is 2.07 bits per heavy atom. The van der Waals surface area contributed by atoms with E-state index in [-0.39, 0.29) is 0 Å². The molecular formula is C12H13N3. The van der Waals surface area contributed by atoms with Crippen LogP contribution in [0.3, 0.4) is 0 Å². The molecule has 15 heavy (non-hydrogen) atoms. The first-order valence-electron chi connectivity index (χ1n) is 4.83. The Kier molecular flexibility index (Phi) is 2.63. The minimum absolute atomic E-state index is 0.760. The van der Waals surface area contributed by atoms with Crippen molar-refractivity contribution in [2.24, 2.45) is 0 Å². The molecule has 0 bridgehead atoms. The van der Waals surface area contributed by atoms with Gasteiger partial charge in [-0.2, -0.15) is 5.10 Å². The van der Waals surface area contributed by atoms with E-state index in [4.69, 9.17) is 0 Å². The minimum Gasteiger partial charge on any atom is -0.249 e. The first kappa shape index (κ1) is 9.65. The molecule has 0 atom stereocenters. The topological polar surface area (TPSA) is 30.7 Å². The van der Waals surface area contributed by atoms with Crippen LogP contribution in [0.15, 0.2) is 43.5 Å². The van der Waals surface area contributed by atoms with Gasteiger partial charge in [0, 0.05) is 0 Å². The number of benzene rings is 1. The summed E-state index contributed by atoms with van der Waals surface area (Å²) in [7, 11) is 0. The fraction of sp³-hybridized carbons (Fsp3) is 0.167. The molecule has 1 aromatic heterocycles. The van der Waals surface area contributed by atoms with Crippen LogP contribution in [0.25, 0.3) is 5.57 Å². The quantitative estimate of drug-likeness (QED) is 0.759. The Labute approximate surface area is 89.1 Å². The smallest absolute Gasteiger partial charge is 0.137 e. The molecule has 0 saturated heterocycles. The van der Waals surface area contributed by atoms with Gasteiger partial charge in [0.25, 0.3) is 0 Å². The fourth-order valence-electron chi connectivity index (χ4n) is 1.40. The van der Waals surface area contributed by atoms with E-state index in [9.17, 15) is 0 Å². The molecule has 0 radical (unpaired) electrons. The Hall–Kier alpha value is -1.90. The lowest BCUT2D eigenvalue weighted by molar-refractivity contribution is 0.685. The van der Waals surface area contributed by atoms with E-state index in [0.717, 1.165) is 12.1 Å². The molecule has 0 unspecified atom stereocenters. The zero-order valence-corrected chi connectivity index (χ0v) is 8.72. The summed E-state index contributed by atoms with van der Waals surface area (Å²) in [5.41, 5.74) is 3.48. The van der Waals surface area contributed by atoms with Gasteiger partial charge < -0.3 is 0 Å². The van der Waals surface area contributed by atoms with Crippen molar-refractivity contribution in [2.75, 3.05) is 0 Å². The molecule has 0 saturated carbocycles. The van der Waals surface area contributed by atoms with Crippen molar-refractivity contribution in [1.29, 1.82) is 0 Å². The molecule has 1 aromatic carbocycles. The summed E-state index contributed by atoms with van der Waals surface area (Å²) in [6.45, 7) is 6.67. The zero-order valence-electron chi connectivity index (χ0n) is 8.72. The van der Waals surface area contributed by atoms with Crippen LogP contribution in [0.4, 0.5) is 0 Å². The molecule has 3 heteroatoms. The Bertz CT molecular complexity index is 440. The predicted molar refractivity (Wildman–Crippen MR) is 60.3 cm³/mol. The number of allylic oxidation sites excluding steroid dienone is 1. The molecule has 0 N–H and O–H groups in total. The number of hydrogen-bond acceptors (Lipinski definition) is 2. The van der Waals surface area contributed by atoms with Gasteiger partial charge in [0.1, 0.15) is 12.7 Å². The summed E-state index contributed by atoms with van der Waals surface area (Å²) in [4.78, 5) is 3.90. The van der Waals surface area contributed by atoms with Crippen LogP contribution in [0.5, 0.6) is 0 Å². The molecule has 0 aliphatic carbocycles. The van der Waals surface area contributed by atoms with Crippen molar-refractivity contribution in [3.63, 3.8) is 0 Å². The van der Waals surface area contributed by atoms with Crippen molar-refractivity contribution in [2.45, 2.75) is 13.5 Å². The van der Waals surface area contributed by atoms with E-state index >= 15 is 0 Å². The minimum atomic E-state index is 0.760. The second kappa shape index (κ2) is 4.09. The number of aromatic nitrogens is 3. The van der Waals surface area contributed by atoms with Crippen LogP contribution in [0.1, 0.15) is 18.1 Å². The second-order valence-corrected chi connectivity index (χ2v) is 3.57. The van der Waals surface area contributed by atoms with E-state index in [2.05, 4.69) is 40.9 Å². The highest BCUT2D eigenvalue weighted by atomic mass is 15.3. The molecule has 0 fully saturated rings. The Morgan fingerprint density at radius 3 is 2.60 bits per heavy atom. The van der Waals surface area contributed by atoms with E-state index in [1.807, 2.05) is 6.92 Å². The number of nitrogens with zero attached hydrogens (tertiary/aromatic N) is 3. The average Bonchev–Trinajstić information content (AvgIpc) is 2.71. The van der Waals surface area contributed by atoms with Gasteiger partial charge in [-0.05, 0) is 18.1 Å².